The molecule has 1 amide bonds. The normalized spacial score (nSPS) is 11.3. The first kappa shape index (κ1) is 20.1. The number of amides is 1. The van der Waals surface area contributed by atoms with Crippen LogP contribution in [0.25, 0.3) is 11.4 Å². The van der Waals surface area contributed by atoms with Gasteiger partial charge in [-0.3, -0.25) is 4.79 Å². The number of rotatable bonds is 6. The highest BCUT2D eigenvalue weighted by Gasteiger charge is 2.14. The number of carbonyl (C=O) groups excluding carboxylic acids is 1. The molecule has 3 aromatic rings. The molecule has 0 atom stereocenters. The number of aromatic nitrogens is 2. The van der Waals surface area contributed by atoms with E-state index in [0.29, 0.717) is 17.5 Å². The van der Waals surface area contributed by atoms with Crippen molar-refractivity contribution in [3.8, 4) is 17.1 Å². The quantitative estimate of drug-likeness (QED) is 0.606. The van der Waals surface area contributed by atoms with Crippen LogP contribution in [-0.2, 0) is 16.8 Å². The number of benzene rings is 2. The second-order valence-electron chi connectivity index (χ2n) is 7.36. The van der Waals surface area contributed by atoms with Crippen molar-refractivity contribution in [2.45, 2.75) is 32.7 Å². The number of halogens is 1. The Kier molecular flexibility index (Phi) is 6.14. The summed E-state index contributed by atoms with van der Waals surface area (Å²) >= 11 is 3.41. The van der Waals surface area contributed by atoms with Crippen LogP contribution < -0.4 is 10.1 Å². The number of nitrogens with zero attached hydrogens (tertiary/aromatic N) is 2. The van der Waals surface area contributed by atoms with Gasteiger partial charge in [-0.2, -0.15) is 4.98 Å². The van der Waals surface area contributed by atoms with E-state index >= 15 is 0 Å². The Morgan fingerprint density at radius 1 is 1.18 bits per heavy atom. The van der Waals surface area contributed by atoms with E-state index < -0.39 is 0 Å². The van der Waals surface area contributed by atoms with Gasteiger partial charge in [0.05, 0.1) is 6.54 Å². The molecule has 2 aromatic carbocycles. The summed E-state index contributed by atoms with van der Waals surface area (Å²) in [6.07, 6.45) is 0. The molecule has 0 radical (unpaired) electrons. The summed E-state index contributed by atoms with van der Waals surface area (Å²) < 4.78 is 11.6. The Balaban J connectivity index is 1.48. The highest BCUT2D eigenvalue weighted by Crippen LogP contribution is 2.24. The topological polar surface area (TPSA) is 77.2 Å². The van der Waals surface area contributed by atoms with Gasteiger partial charge in [0.2, 0.25) is 11.7 Å². The van der Waals surface area contributed by atoms with Gasteiger partial charge in [-0.25, -0.2) is 0 Å². The molecule has 7 heteroatoms. The SMILES string of the molecule is CC(C)(C)c1ccc(OCC(=O)NCc2nc(-c3cccc(Br)c3)no2)cc1. The summed E-state index contributed by atoms with van der Waals surface area (Å²) in [6, 6.07) is 15.4. The average molecular weight is 444 g/mol. The highest BCUT2D eigenvalue weighted by atomic mass is 79.9. The highest BCUT2D eigenvalue weighted by molar-refractivity contribution is 9.10. The van der Waals surface area contributed by atoms with Gasteiger partial charge in [-0.05, 0) is 35.2 Å². The minimum Gasteiger partial charge on any atom is -0.484 e. The molecular formula is C21H22BrN3O3. The van der Waals surface area contributed by atoms with Crippen LogP contribution in [0.3, 0.4) is 0 Å². The summed E-state index contributed by atoms with van der Waals surface area (Å²) in [5.41, 5.74) is 2.12. The third-order valence-electron chi connectivity index (χ3n) is 4.08. The number of ether oxygens (including phenoxy) is 1. The van der Waals surface area contributed by atoms with Crippen LogP contribution in [0.1, 0.15) is 32.2 Å². The maximum atomic E-state index is 12.0. The van der Waals surface area contributed by atoms with Crippen LogP contribution in [0.5, 0.6) is 5.75 Å². The fourth-order valence-electron chi connectivity index (χ4n) is 2.50. The van der Waals surface area contributed by atoms with Crippen molar-refractivity contribution >= 4 is 21.8 Å². The second-order valence-corrected chi connectivity index (χ2v) is 8.28. The summed E-state index contributed by atoms with van der Waals surface area (Å²) in [5, 5.41) is 6.65. The zero-order valence-electron chi connectivity index (χ0n) is 16.0. The van der Waals surface area contributed by atoms with Crippen molar-refractivity contribution in [2.24, 2.45) is 0 Å². The molecule has 28 heavy (non-hydrogen) atoms. The number of hydrogen-bond acceptors (Lipinski definition) is 5. The molecule has 0 aliphatic carbocycles. The lowest BCUT2D eigenvalue weighted by atomic mass is 9.87. The fourth-order valence-corrected chi connectivity index (χ4v) is 2.90. The first-order valence-electron chi connectivity index (χ1n) is 8.90. The fraction of sp³-hybridized carbons (Fsp3) is 0.286. The predicted octanol–water partition coefficient (Wildman–Crippen LogP) is 4.49. The Morgan fingerprint density at radius 3 is 2.61 bits per heavy atom. The third-order valence-corrected chi connectivity index (χ3v) is 4.57. The van der Waals surface area contributed by atoms with Crippen LogP contribution in [0.15, 0.2) is 57.5 Å². The van der Waals surface area contributed by atoms with Crippen molar-refractivity contribution < 1.29 is 14.1 Å². The van der Waals surface area contributed by atoms with Crippen molar-refractivity contribution in [1.82, 2.24) is 15.5 Å². The van der Waals surface area contributed by atoms with Gasteiger partial charge in [-0.15, -0.1) is 0 Å². The molecule has 0 bridgehead atoms. The molecule has 1 N–H and O–H groups in total. The van der Waals surface area contributed by atoms with E-state index in [4.69, 9.17) is 9.26 Å². The minimum absolute atomic E-state index is 0.0780. The van der Waals surface area contributed by atoms with Crippen LogP contribution in [0.4, 0.5) is 0 Å². The molecule has 3 rings (SSSR count). The van der Waals surface area contributed by atoms with Gasteiger partial charge in [0.25, 0.3) is 5.91 Å². The van der Waals surface area contributed by atoms with Crippen molar-refractivity contribution in [2.75, 3.05) is 6.61 Å². The zero-order valence-corrected chi connectivity index (χ0v) is 17.6. The molecule has 1 heterocycles. The maximum absolute atomic E-state index is 12.0. The zero-order chi connectivity index (χ0) is 20.1. The Hall–Kier alpha value is -2.67. The number of hydrogen-bond donors (Lipinski definition) is 1. The summed E-state index contributed by atoms with van der Waals surface area (Å²) in [4.78, 5) is 16.3. The first-order valence-corrected chi connectivity index (χ1v) is 9.69. The van der Waals surface area contributed by atoms with E-state index in [-0.39, 0.29) is 24.5 Å². The van der Waals surface area contributed by atoms with Crippen molar-refractivity contribution in [1.29, 1.82) is 0 Å². The summed E-state index contributed by atoms with van der Waals surface area (Å²) in [6.45, 7) is 6.51. The van der Waals surface area contributed by atoms with Gasteiger partial charge in [0.15, 0.2) is 6.61 Å². The van der Waals surface area contributed by atoms with Gasteiger partial charge in [0, 0.05) is 10.0 Å². The van der Waals surface area contributed by atoms with Crippen molar-refractivity contribution in [3.05, 3.63) is 64.5 Å². The van der Waals surface area contributed by atoms with E-state index in [9.17, 15) is 4.79 Å². The lowest BCUT2D eigenvalue weighted by Crippen LogP contribution is -2.28. The predicted molar refractivity (Wildman–Crippen MR) is 110 cm³/mol. The molecule has 0 aliphatic rings. The Labute approximate surface area is 172 Å². The van der Waals surface area contributed by atoms with E-state index in [1.807, 2.05) is 48.5 Å². The van der Waals surface area contributed by atoms with Gasteiger partial charge >= 0.3 is 0 Å². The van der Waals surface area contributed by atoms with E-state index in [1.54, 1.807) is 0 Å². The molecule has 0 saturated carbocycles. The average Bonchev–Trinajstić information content (AvgIpc) is 3.13. The smallest absolute Gasteiger partial charge is 0.258 e. The molecule has 0 aliphatic heterocycles. The molecule has 0 unspecified atom stereocenters. The summed E-state index contributed by atoms with van der Waals surface area (Å²) in [5.74, 6) is 1.19. The summed E-state index contributed by atoms with van der Waals surface area (Å²) in [7, 11) is 0. The van der Waals surface area contributed by atoms with Crippen LogP contribution in [0, 0.1) is 0 Å². The van der Waals surface area contributed by atoms with Crippen LogP contribution >= 0.6 is 15.9 Å². The van der Waals surface area contributed by atoms with Crippen LogP contribution in [0.2, 0.25) is 0 Å². The Bertz CT molecular complexity index is 946. The first-order chi connectivity index (χ1) is 13.3. The number of nitrogens with one attached hydrogen (secondary N) is 1. The second kappa shape index (κ2) is 8.56. The molecular weight excluding hydrogens is 422 g/mol. The third kappa shape index (κ3) is 5.42. The molecule has 1 aromatic heterocycles. The van der Waals surface area contributed by atoms with E-state index in [2.05, 4.69) is 52.2 Å². The molecule has 0 spiro atoms. The lowest BCUT2D eigenvalue weighted by Gasteiger charge is -2.19. The monoisotopic (exact) mass is 443 g/mol. The van der Waals surface area contributed by atoms with E-state index in [1.165, 1.54) is 5.56 Å². The van der Waals surface area contributed by atoms with Gasteiger partial charge in [0.1, 0.15) is 5.75 Å². The molecule has 6 nitrogen and oxygen atoms in total. The lowest BCUT2D eigenvalue weighted by molar-refractivity contribution is -0.123. The molecule has 0 saturated heterocycles. The van der Waals surface area contributed by atoms with Crippen molar-refractivity contribution in [3.63, 3.8) is 0 Å². The number of carbonyl (C=O) groups is 1. The standard InChI is InChI=1S/C21H22BrN3O3/c1-21(2,3)15-7-9-17(10-8-15)27-13-18(26)23-12-19-24-20(25-28-19)14-5-4-6-16(22)11-14/h4-11H,12-13H2,1-3H3,(H,23,26). The molecule has 146 valence electrons. The van der Waals surface area contributed by atoms with Gasteiger partial charge in [-0.1, -0.05) is 66.1 Å². The minimum atomic E-state index is -0.262. The maximum Gasteiger partial charge on any atom is 0.258 e. The Morgan fingerprint density at radius 2 is 1.93 bits per heavy atom. The van der Waals surface area contributed by atoms with Gasteiger partial charge < -0.3 is 14.6 Å². The molecule has 0 fully saturated rings. The van der Waals surface area contributed by atoms with Crippen LogP contribution in [-0.4, -0.2) is 22.7 Å². The van der Waals surface area contributed by atoms with E-state index in [0.717, 1.165) is 10.0 Å². The largest absolute Gasteiger partial charge is 0.484 e.